The van der Waals surface area contributed by atoms with Crippen molar-refractivity contribution in [2.24, 2.45) is 0 Å². The van der Waals surface area contributed by atoms with Gasteiger partial charge in [0.05, 0.1) is 5.52 Å². The molecule has 138 valence electrons. The van der Waals surface area contributed by atoms with Crippen molar-refractivity contribution < 1.29 is 24.9 Å². The van der Waals surface area contributed by atoms with Crippen LogP contribution in [0.3, 0.4) is 0 Å². The lowest BCUT2D eigenvalue weighted by atomic mass is 10.1. The summed E-state index contributed by atoms with van der Waals surface area (Å²) in [5, 5.41) is 30.6. The predicted molar refractivity (Wildman–Crippen MR) is 101 cm³/mol. The molecule has 2 heterocycles. The summed E-state index contributed by atoms with van der Waals surface area (Å²) >= 11 is 0. The lowest BCUT2D eigenvalue weighted by molar-refractivity contribution is 0.101. The topological polar surface area (TPSA) is 91.9 Å². The number of hydrogen-bond donors (Lipinski definition) is 3. The summed E-state index contributed by atoms with van der Waals surface area (Å²) in [6, 6.07) is 7.66. The summed E-state index contributed by atoms with van der Waals surface area (Å²) in [5.41, 5.74) is 1.48. The highest BCUT2D eigenvalue weighted by molar-refractivity contribution is 6.16. The number of allylic oxidation sites excluding steroid dienone is 1. The summed E-state index contributed by atoms with van der Waals surface area (Å²) in [5.74, 6) is -0.581. The Morgan fingerprint density at radius 3 is 2.74 bits per heavy atom. The second kappa shape index (κ2) is 6.39. The molecule has 3 aromatic rings. The standard InChI is InChI=1S/C21H19NO5/c1-2-3-7-22-11-12(14-5-4-6-15(24)20(14)22)8-18-21(26)19-16(25)9-13(23)10-17(19)27-18/h4-6,8-11,23-25H,2-3,7H2,1H3/b18-8-. The maximum atomic E-state index is 12.6. The number of ether oxygens (including phenoxy) is 1. The molecule has 1 aliphatic rings. The number of phenolic OH excluding ortho intramolecular Hbond substituents is 3. The second-order valence-electron chi connectivity index (χ2n) is 6.58. The summed E-state index contributed by atoms with van der Waals surface area (Å²) in [4.78, 5) is 12.6. The van der Waals surface area contributed by atoms with E-state index in [1.54, 1.807) is 18.2 Å². The largest absolute Gasteiger partial charge is 0.508 e. The average Bonchev–Trinajstić information content (AvgIpc) is 3.12. The Labute approximate surface area is 155 Å². The van der Waals surface area contributed by atoms with Gasteiger partial charge in [-0.15, -0.1) is 0 Å². The summed E-state index contributed by atoms with van der Waals surface area (Å²) in [7, 11) is 0. The molecule has 27 heavy (non-hydrogen) atoms. The maximum absolute atomic E-state index is 12.6. The van der Waals surface area contributed by atoms with Gasteiger partial charge in [0.15, 0.2) is 5.76 Å². The van der Waals surface area contributed by atoms with Crippen LogP contribution in [-0.4, -0.2) is 25.7 Å². The van der Waals surface area contributed by atoms with Crippen LogP contribution in [0.2, 0.25) is 0 Å². The minimum atomic E-state index is -0.447. The van der Waals surface area contributed by atoms with E-state index >= 15 is 0 Å². The molecule has 2 aromatic carbocycles. The van der Waals surface area contributed by atoms with Gasteiger partial charge in [0.2, 0.25) is 5.78 Å². The van der Waals surface area contributed by atoms with Gasteiger partial charge < -0.3 is 24.6 Å². The van der Waals surface area contributed by atoms with E-state index < -0.39 is 5.78 Å². The molecule has 0 radical (unpaired) electrons. The molecule has 0 fully saturated rings. The molecule has 0 unspecified atom stereocenters. The summed E-state index contributed by atoms with van der Waals surface area (Å²) in [6.45, 7) is 2.84. The molecule has 0 spiro atoms. The fourth-order valence-electron chi connectivity index (χ4n) is 3.41. The maximum Gasteiger partial charge on any atom is 0.235 e. The van der Waals surface area contributed by atoms with Gasteiger partial charge in [-0.2, -0.15) is 0 Å². The number of aromatic hydroxyl groups is 3. The monoisotopic (exact) mass is 365 g/mol. The Kier molecular flexibility index (Phi) is 4.03. The molecular weight excluding hydrogens is 346 g/mol. The first-order valence-corrected chi connectivity index (χ1v) is 8.80. The first-order chi connectivity index (χ1) is 13.0. The Morgan fingerprint density at radius 1 is 1.15 bits per heavy atom. The molecular formula is C21H19NO5. The number of ketones is 1. The van der Waals surface area contributed by atoms with Crippen LogP contribution in [0, 0.1) is 0 Å². The van der Waals surface area contributed by atoms with Crippen LogP contribution in [0.4, 0.5) is 0 Å². The van der Waals surface area contributed by atoms with Gasteiger partial charge in [-0.05, 0) is 18.6 Å². The molecule has 0 bridgehead atoms. The normalized spacial score (nSPS) is 14.7. The fourth-order valence-corrected chi connectivity index (χ4v) is 3.41. The van der Waals surface area contributed by atoms with Gasteiger partial charge >= 0.3 is 0 Å². The van der Waals surface area contributed by atoms with Crippen molar-refractivity contribution in [2.75, 3.05) is 0 Å². The van der Waals surface area contributed by atoms with E-state index in [9.17, 15) is 20.1 Å². The number of phenols is 3. The highest BCUT2D eigenvalue weighted by Crippen LogP contribution is 2.41. The van der Waals surface area contributed by atoms with Gasteiger partial charge in [0, 0.05) is 35.8 Å². The minimum absolute atomic E-state index is 0.0385. The van der Waals surface area contributed by atoms with Crippen molar-refractivity contribution in [1.29, 1.82) is 0 Å². The molecule has 1 aromatic heterocycles. The van der Waals surface area contributed by atoms with Crippen molar-refractivity contribution in [3.63, 3.8) is 0 Å². The van der Waals surface area contributed by atoms with E-state index in [4.69, 9.17) is 4.74 Å². The molecule has 6 heteroatoms. The van der Waals surface area contributed by atoms with Gasteiger partial charge in [0.25, 0.3) is 0 Å². The van der Waals surface area contributed by atoms with Crippen molar-refractivity contribution in [3.05, 3.63) is 53.4 Å². The lowest BCUT2D eigenvalue weighted by Gasteiger charge is -2.04. The van der Waals surface area contributed by atoms with Crippen LogP contribution in [0.5, 0.6) is 23.0 Å². The van der Waals surface area contributed by atoms with Crippen molar-refractivity contribution >= 4 is 22.8 Å². The van der Waals surface area contributed by atoms with E-state index in [-0.39, 0.29) is 34.3 Å². The van der Waals surface area contributed by atoms with E-state index in [2.05, 4.69) is 6.92 Å². The zero-order chi connectivity index (χ0) is 19.1. The number of carbonyl (C=O) groups excluding carboxylic acids is 1. The first kappa shape index (κ1) is 17.0. The number of aryl methyl sites for hydroxylation is 1. The van der Waals surface area contributed by atoms with Crippen LogP contribution >= 0.6 is 0 Å². The first-order valence-electron chi connectivity index (χ1n) is 8.80. The predicted octanol–water partition coefficient (Wildman–Crippen LogP) is 4.17. The number of carbonyl (C=O) groups is 1. The van der Waals surface area contributed by atoms with Crippen LogP contribution in [0.1, 0.15) is 35.7 Å². The molecule has 1 aliphatic heterocycles. The third-order valence-corrected chi connectivity index (χ3v) is 4.68. The van der Waals surface area contributed by atoms with E-state index in [1.807, 2.05) is 16.8 Å². The zero-order valence-corrected chi connectivity index (χ0v) is 14.8. The molecule has 6 nitrogen and oxygen atoms in total. The van der Waals surface area contributed by atoms with Crippen molar-refractivity contribution in [1.82, 2.24) is 4.57 Å². The zero-order valence-electron chi connectivity index (χ0n) is 14.8. The highest BCUT2D eigenvalue weighted by atomic mass is 16.5. The van der Waals surface area contributed by atoms with E-state index in [0.717, 1.165) is 36.4 Å². The Bertz CT molecular complexity index is 1090. The Hall–Kier alpha value is -3.41. The average molecular weight is 365 g/mol. The van der Waals surface area contributed by atoms with Gasteiger partial charge in [-0.25, -0.2) is 0 Å². The fraction of sp³-hybridized carbons (Fsp3) is 0.190. The Morgan fingerprint density at radius 2 is 1.96 bits per heavy atom. The number of unbranched alkanes of at least 4 members (excludes halogenated alkanes) is 1. The van der Waals surface area contributed by atoms with Gasteiger partial charge in [-0.3, -0.25) is 4.79 Å². The summed E-state index contributed by atoms with van der Waals surface area (Å²) in [6.07, 6.45) is 5.46. The third kappa shape index (κ3) is 2.79. The molecule has 0 aliphatic carbocycles. The number of hydrogen-bond acceptors (Lipinski definition) is 5. The number of fused-ring (bicyclic) bond motifs is 2. The Balaban J connectivity index is 1.81. The minimum Gasteiger partial charge on any atom is -0.508 e. The molecule has 0 saturated carbocycles. The number of nitrogens with zero attached hydrogens (tertiary/aromatic N) is 1. The quantitative estimate of drug-likeness (QED) is 0.604. The van der Waals surface area contributed by atoms with E-state index in [0.29, 0.717) is 5.52 Å². The lowest BCUT2D eigenvalue weighted by Crippen LogP contribution is -1.98. The van der Waals surface area contributed by atoms with Crippen molar-refractivity contribution in [3.8, 4) is 23.0 Å². The number of rotatable bonds is 4. The van der Waals surface area contributed by atoms with Crippen LogP contribution < -0.4 is 4.74 Å². The van der Waals surface area contributed by atoms with Crippen LogP contribution in [0.25, 0.3) is 17.0 Å². The van der Waals surface area contributed by atoms with Crippen molar-refractivity contribution in [2.45, 2.75) is 26.3 Å². The molecule has 0 atom stereocenters. The van der Waals surface area contributed by atoms with Gasteiger partial charge in [0.1, 0.15) is 28.6 Å². The van der Waals surface area contributed by atoms with Crippen LogP contribution in [0.15, 0.2) is 42.3 Å². The van der Waals surface area contributed by atoms with E-state index in [1.165, 1.54) is 6.07 Å². The molecule has 0 amide bonds. The smallest absolute Gasteiger partial charge is 0.235 e. The second-order valence-corrected chi connectivity index (χ2v) is 6.58. The number of Topliss-reactive ketones (excluding diaryl/α,β-unsaturated/α-hetero) is 1. The third-order valence-electron chi connectivity index (χ3n) is 4.68. The number of benzene rings is 2. The molecule has 0 saturated heterocycles. The highest BCUT2D eigenvalue weighted by Gasteiger charge is 2.31. The number of para-hydroxylation sites is 1. The molecule has 3 N–H and O–H groups in total. The number of aromatic nitrogens is 1. The van der Waals surface area contributed by atoms with Crippen LogP contribution in [-0.2, 0) is 6.54 Å². The molecule has 4 rings (SSSR count). The van der Waals surface area contributed by atoms with Gasteiger partial charge in [-0.1, -0.05) is 25.5 Å². The summed E-state index contributed by atoms with van der Waals surface area (Å²) < 4.78 is 7.54. The SMILES string of the molecule is CCCCn1cc(/C=C2\Oc3cc(O)cc(O)c3C2=O)c2cccc(O)c21.